The van der Waals surface area contributed by atoms with Gasteiger partial charge in [-0.05, 0) is 29.5 Å². The standard InChI is InChI=1S/C8H3F5O3.C8H7N3O3.C8H7NO5.C6H7NO5.C5H6N2O2.C4H5N3O2/c1-15-8(14)16-7-5(12)3(10)2(9)4(11)6(7)13;1-13-8(12)14-11-7-5-3-2-4-6(7)9-10-11;1-13-8(10)14-7-4-2-6(3-5-7)9(11)12;1-11-6(10)12-7-4(8)2-3-5(7)9;1-9-5(8)7-3-2-6-4-7;1-9-4(8)7-3-5-2-6-7/h1H3;2*2-5H,1H3;2-3H2,1H3;2-4H,1H3;2-3H,1H3. The number of nitro benzene ring substituents is 1. The van der Waals surface area contributed by atoms with E-state index in [1.807, 2.05) is 6.07 Å². The maximum Gasteiger partial charge on any atom is 0.534 e. The number of carbonyl (C=O) groups is 8. The molecule has 0 bridgehead atoms. The predicted molar refractivity (Wildman–Crippen MR) is 224 cm³/mol. The number of hydrogen-bond acceptors (Lipinski definition) is 25. The Morgan fingerprint density at radius 3 is 1.64 bits per heavy atom. The number of hydroxylamine groups is 2. The number of aromatic nitrogens is 8. The van der Waals surface area contributed by atoms with Gasteiger partial charge in [-0.1, -0.05) is 22.0 Å². The van der Waals surface area contributed by atoms with Crippen LogP contribution in [-0.4, -0.2) is 141 Å². The largest absolute Gasteiger partial charge is 0.534 e. The molecule has 0 aliphatic carbocycles. The molecule has 1 aliphatic rings. The highest BCUT2D eigenvalue weighted by Gasteiger charge is 2.33. The summed E-state index contributed by atoms with van der Waals surface area (Å²) in [5.41, 5.74) is 1.19. The first-order valence-corrected chi connectivity index (χ1v) is 19.1. The van der Waals surface area contributed by atoms with Crippen LogP contribution < -0.4 is 14.3 Å². The number of nitrogens with zero attached hydrogens (tertiary/aromatic N) is 10. The van der Waals surface area contributed by atoms with Crippen molar-refractivity contribution in [1.82, 2.24) is 44.5 Å². The average Bonchev–Trinajstić information content (AvgIpc) is 4.28. The van der Waals surface area contributed by atoms with Crippen LogP contribution in [0.2, 0.25) is 0 Å². The summed E-state index contributed by atoms with van der Waals surface area (Å²) >= 11 is 0. The predicted octanol–water partition coefficient (Wildman–Crippen LogP) is 5.12. The lowest BCUT2D eigenvalue weighted by Gasteiger charge is -2.10. The summed E-state index contributed by atoms with van der Waals surface area (Å²) in [4.78, 5) is 112. The summed E-state index contributed by atoms with van der Waals surface area (Å²) in [7, 11) is 6.89. The monoisotopic (exact) mass is 1060 g/mol. The molecule has 3 aromatic carbocycles. The molecule has 0 spiro atoms. The van der Waals surface area contributed by atoms with Crippen LogP contribution in [0, 0.1) is 39.2 Å². The highest BCUT2D eigenvalue weighted by atomic mass is 19.2. The number of imidazole rings is 1. The average molecular weight is 1060 g/mol. The minimum Gasteiger partial charge on any atom is -0.452 e. The summed E-state index contributed by atoms with van der Waals surface area (Å²) < 4.78 is 99.2. The third kappa shape index (κ3) is 18.5. The smallest absolute Gasteiger partial charge is 0.452 e. The molecule has 35 heteroatoms. The van der Waals surface area contributed by atoms with Crippen LogP contribution in [0.4, 0.5) is 56.4 Å². The van der Waals surface area contributed by atoms with Gasteiger partial charge in [-0.3, -0.25) is 29.4 Å². The lowest BCUT2D eigenvalue weighted by Crippen LogP contribution is -2.31. The minimum atomic E-state index is -2.34. The van der Waals surface area contributed by atoms with Crippen molar-refractivity contribution >= 4 is 65.3 Å². The molecule has 0 unspecified atom stereocenters. The molecule has 74 heavy (non-hydrogen) atoms. The van der Waals surface area contributed by atoms with Crippen LogP contribution >= 0.6 is 0 Å². The molecule has 2 amide bonds. The van der Waals surface area contributed by atoms with Crippen molar-refractivity contribution in [3.8, 4) is 11.5 Å². The molecule has 0 N–H and O–H groups in total. The quantitative estimate of drug-likeness (QED) is 0.0207. The van der Waals surface area contributed by atoms with Gasteiger partial charge < -0.3 is 37.9 Å². The summed E-state index contributed by atoms with van der Waals surface area (Å²) in [6.45, 7) is 0. The zero-order chi connectivity index (χ0) is 55.5. The molecule has 30 nitrogen and oxygen atoms in total. The van der Waals surface area contributed by atoms with Crippen LogP contribution in [0.5, 0.6) is 11.5 Å². The summed E-state index contributed by atoms with van der Waals surface area (Å²) in [6.07, 6.45) is 1.77. The van der Waals surface area contributed by atoms with Gasteiger partial charge in [0.05, 0.1) is 47.6 Å². The molecule has 1 fully saturated rings. The van der Waals surface area contributed by atoms with Gasteiger partial charge >= 0.3 is 36.8 Å². The maximum absolute atomic E-state index is 12.8. The van der Waals surface area contributed by atoms with Crippen LogP contribution in [0.15, 0.2) is 79.9 Å². The van der Waals surface area contributed by atoms with Crippen LogP contribution in [0.1, 0.15) is 12.8 Å². The fourth-order valence-electron chi connectivity index (χ4n) is 4.23. The number of para-hydroxylation sites is 1. The van der Waals surface area contributed by atoms with Crippen LogP contribution in [0.25, 0.3) is 11.0 Å². The number of amides is 2. The first-order chi connectivity index (χ1) is 35.2. The Kier molecular flexibility index (Phi) is 24.4. The van der Waals surface area contributed by atoms with Crippen molar-refractivity contribution in [2.75, 3.05) is 42.7 Å². The lowest BCUT2D eigenvalue weighted by molar-refractivity contribution is -0.384. The molecule has 0 radical (unpaired) electrons. The zero-order valence-electron chi connectivity index (χ0n) is 38.4. The van der Waals surface area contributed by atoms with E-state index in [4.69, 9.17) is 4.84 Å². The Balaban J connectivity index is 0.000000307. The molecule has 0 atom stereocenters. The Bertz CT molecular complexity index is 2780. The fourth-order valence-corrected chi connectivity index (χ4v) is 4.23. The third-order valence-electron chi connectivity index (χ3n) is 7.59. The van der Waals surface area contributed by atoms with E-state index in [1.165, 1.54) is 88.6 Å². The maximum atomic E-state index is 12.8. The Labute approximate surface area is 408 Å². The van der Waals surface area contributed by atoms with E-state index in [-0.39, 0.29) is 24.3 Å². The number of nitro groups is 1. The second kappa shape index (κ2) is 30.3. The van der Waals surface area contributed by atoms with E-state index < -0.39 is 88.4 Å². The molecular formula is C39H35F5N10O20. The fraction of sp³-hybridized carbons (Fsp3) is 0.205. The number of fused-ring (bicyclic) bond motifs is 1. The molecule has 7 rings (SSSR count). The van der Waals surface area contributed by atoms with E-state index in [0.29, 0.717) is 16.1 Å². The van der Waals surface area contributed by atoms with Crippen LogP contribution in [-0.2, 0) is 42.8 Å². The Morgan fingerprint density at radius 1 is 0.622 bits per heavy atom. The number of hydrogen-bond donors (Lipinski definition) is 0. The van der Waals surface area contributed by atoms with Gasteiger partial charge in [0.1, 0.15) is 35.8 Å². The number of methoxy groups -OCH3 is 6. The number of non-ortho nitro benzene ring substituents is 1. The molecule has 4 heterocycles. The summed E-state index contributed by atoms with van der Waals surface area (Å²) in [5.74, 6) is -13.8. The van der Waals surface area contributed by atoms with Crippen molar-refractivity contribution < 1.29 is 113 Å². The first kappa shape index (κ1) is 59.7. The van der Waals surface area contributed by atoms with Gasteiger partial charge in [-0.2, -0.15) is 13.5 Å². The summed E-state index contributed by atoms with van der Waals surface area (Å²) in [5, 5.41) is 21.6. The van der Waals surface area contributed by atoms with E-state index in [2.05, 4.69) is 68.1 Å². The first-order valence-electron chi connectivity index (χ1n) is 19.1. The number of ether oxygens (including phenoxy) is 8. The zero-order valence-corrected chi connectivity index (χ0v) is 38.4. The van der Waals surface area contributed by atoms with Gasteiger partial charge in [0.2, 0.25) is 34.8 Å². The van der Waals surface area contributed by atoms with Gasteiger partial charge in [-0.25, -0.2) is 56.5 Å². The number of carbonyl (C=O) groups excluding carboxylic acids is 8. The van der Waals surface area contributed by atoms with Crippen molar-refractivity contribution in [2.45, 2.75) is 12.8 Å². The highest BCUT2D eigenvalue weighted by molar-refractivity contribution is 6.01. The molecular weight excluding hydrogens is 1020 g/mol. The molecule has 396 valence electrons. The second-order valence-electron chi connectivity index (χ2n) is 12.1. The second-order valence-corrected chi connectivity index (χ2v) is 12.1. The van der Waals surface area contributed by atoms with E-state index in [0.717, 1.165) is 23.7 Å². The van der Waals surface area contributed by atoms with Crippen molar-refractivity contribution in [2.24, 2.45) is 0 Å². The lowest BCUT2D eigenvalue weighted by atomic mass is 10.3. The Hall–Kier alpha value is -10.4. The molecule has 6 aromatic rings. The van der Waals surface area contributed by atoms with E-state index >= 15 is 0 Å². The van der Waals surface area contributed by atoms with Crippen molar-refractivity contribution in [3.05, 3.63) is 119 Å². The molecule has 3 aromatic heterocycles. The Morgan fingerprint density at radius 2 is 1.15 bits per heavy atom. The minimum absolute atomic E-state index is 0.0674. The SMILES string of the molecule is COC(=O)ON1C(=O)CCC1=O.COC(=O)Oc1c(F)c(F)c(F)c(F)c1F.COC(=O)Oc1ccc([N+](=O)[O-])cc1.COC(=O)On1nnc2ccccc21.COC(=O)n1ccnc1.COC(=O)n1cncn1. The van der Waals surface area contributed by atoms with E-state index in [1.54, 1.807) is 18.2 Å². The van der Waals surface area contributed by atoms with Gasteiger partial charge in [0.15, 0.2) is 0 Å². The summed E-state index contributed by atoms with van der Waals surface area (Å²) in [6, 6.07) is 12.2. The molecule has 1 saturated heterocycles. The van der Waals surface area contributed by atoms with Crippen molar-refractivity contribution in [1.29, 1.82) is 0 Å². The van der Waals surface area contributed by atoms with Gasteiger partial charge in [0, 0.05) is 37.4 Å². The molecule has 1 aliphatic heterocycles. The number of benzene rings is 3. The van der Waals surface area contributed by atoms with Crippen LogP contribution in [0.3, 0.4) is 0 Å². The normalized spacial score (nSPS) is 10.7. The molecule has 0 saturated carbocycles. The highest BCUT2D eigenvalue weighted by Crippen LogP contribution is 2.29. The van der Waals surface area contributed by atoms with Gasteiger partial charge in [-0.15, -0.1) is 10.2 Å². The van der Waals surface area contributed by atoms with E-state index in [9.17, 15) is 70.4 Å². The number of rotatable bonds is 5. The number of imide groups is 1. The topological polar surface area (TPSA) is 354 Å². The van der Waals surface area contributed by atoms with Crippen molar-refractivity contribution in [3.63, 3.8) is 0 Å². The number of halogens is 5. The van der Waals surface area contributed by atoms with Gasteiger partial charge in [0.25, 0.3) is 17.5 Å². The third-order valence-corrected chi connectivity index (χ3v) is 7.59.